The number of rotatable bonds is 7. The molecule has 6 nitrogen and oxygen atoms in total. The van der Waals surface area contributed by atoms with Crippen molar-refractivity contribution in [3.63, 3.8) is 0 Å². The van der Waals surface area contributed by atoms with Crippen molar-refractivity contribution in [3.8, 4) is 11.1 Å². The summed E-state index contributed by atoms with van der Waals surface area (Å²) in [6.45, 7) is -0.0236. The van der Waals surface area contributed by atoms with E-state index in [2.05, 4.69) is 4.72 Å². The summed E-state index contributed by atoms with van der Waals surface area (Å²) in [5, 5.41) is 10.6. The molecule has 3 aromatic carbocycles. The van der Waals surface area contributed by atoms with Gasteiger partial charge in [0.1, 0.15) is 6.04 Å². The number of nitrogens with one attached hydrogen (secondary N) is 1. The van der Waals surface area contributed by atoms with Crippen LogP contribution >= 0.6 is 0 Å². The van der Waals surface area contributed by atoms with Crippen molar-refractivity contribution >= 4 is 26.9 Å². The summed E-state index contributed by atoms with van der Waals surface area (Å²) in [5.74, 6) is -1.24. The molecule has 1 atom stereocenters. The molecule has 4 rings (SSSR count). The molecular weight excluding hydrogens is 400 g/mol. The minimum Gasteiger partial charge on any atom is -0.480 e. The Morgan fingerprint density at radius 2 is 1.50 bits per heavy atom. The Kier molecular flexibility index (Phi) is 5.39. The van der Waals surface area contributed by atoms with Crippen LogP contribution in [0.1, 0.15) is 0 Å². The van der Waals surface area contributed by atoms with Crippen LogP contribution in [0.15, 0.2) is 96.0 Å². The summed E-state index contributed by atoms with van der Waals surface area (Å²) in [7, 11) is -4.00. The zero-order valence-corrected chi connectivity index (χ0v) is 16.8. The molecule has 2 N–H and O–H groups in total. The number of carboxylic acids is 1. The third-order valence-electron chi connectivity index (χ3n) is 4.93. The van der Waals surface area contributed by atoms with E-state index in [9.17, 15) is 18.3 Å². The van der Waals surface area contributed by atoms with Gasteiger partial charge in [-0.15, -0.1) is 0 Å². The number of carboxylic acid groups (broad SMARTS) is 1. The number of para-hydroxylation sites is 1. The Morgan fingerprint density at radius 1 is 0.867 bits per heavy atom. The van der Waals surface area contributed by atoms with Gasteiger partial charge in [0.25, 0.3) is 0 Å². The van der Waals surface area contributed by atoms with E-state index in [1.807, 2.05) is 60.7 Å². The predicted octanol–water partition coefficient (Wildman–Crippen LogP) is 3.74. The molecular formula is C23H20N2O4S. The molecule has 7 heteroatoms. The van der Waals surface area contributed by atoms with Crippen molar-refractivity contribution in [1.82, 2.24) is 9.29 Å². The maximum atomic E-state index is 12.8. The van der Waals surface area contributed by atoms with Crippen LogP contribution in [0.25, 0.3) is 22.0 Å². The van der Waals surface area contributed by atoms with E-state index >= 15 is 0 Å². The number of carbonyl (C=O) groups is 1. The molecule has 0 unspecified atom stereocenters. The minimum atomic E-state index is -4.00. The van der Waals surface area contributed by atoms with Crippen LogP contribution in [0.2, 0.25) is 0 Å². The fraction of sp³-hybridized carbons (Fsp3) is 0.0870. The van der Waals surface area contributed by atoms with Gasteiger partial charge in [-0.2, -0.15) is 4.72 Å². The molecule has 0 fully saturated rings. The normalized spacial score (nSPS) is 12.7. The smallest absolute Gasteiger partial charge is 0.323 e. The largest absolute Gasteiger partial charge is 0.480 e. The molecule has 0 saturated carbocycles. The van der Waals surface area contributed by atoms with E-state index in [4.69, 9.17) is 0 Å². The van der Waals surface area contributed by atoms with Gasteiger partial charge < -0.3 is 9.67 Å². The SMILES string of the molecule is O=C(O)[C@H](Cn1ccc2ccccc21)NS(=O)(=O)c1ccc(-c2ccccc2)cc1. The fourth-order valence-electron chi connectivity index (χ4n) is 3.37. The van der Waals surface area contributed by atoms with Gasteiger partial charge in [-0.05, 0) is 40.8 Å². The zero-order valence-electron chi connectivity index (χ0n) is 16.0. The van der Waals surface area contributed by atoms with Gasteiger partial charge >= 0.3 is 5.97 Å². The Morgan fingerprint density at radius 3 is 2.20 bits per heavy atom. The third-order valence-corrected chi connectivity index (χ3v) is 6.41. The van der Waals surface area contributed by atoms with Gasteiger partial charge in [0, 0.05) is 18.3 Å². The Labute approximate surface area is 174 Å². The zero-order chi connectivity index (χ0) is 21.1. The topological polar surface area (TPSA) is 88.4 Å². The molecule has 0 aliphatic carbocycles. The van der Waals surface area contributed by atoms with E-state index in [1.165, 1.54) is 12.1 Å². The van der Waals surface area contributed by atoms with Crippen LogP contribution in [0.4, 0.5) is 0 Å². The number of hydrogen-bond donors (Lipinski definition) is 2. The summed E-state index contributed by atoms with van der Waals surface area (Å²) in [6.07, 6.45) is 1.75. The van der Waals surface area contributed by atoms with E-state index in [-0.39, 0.29) is 11.4 Å². The van der Waals surface area contributed by atoms with Crippen molar-refractivity contribution in [2.24, 2.45) is 0 Å². The molecule has 4 aromatic rings. The molecule has 152 valence electrons. The molecule has 1 aromatic heterocycles. The number of sulfonamides is 1. The average Bonchev–Trinajstić information content (AvgIpc) is 3.17. The lowest BCUT2D eigenvalue weighted by atomic mass is 10.1. The quantitative estimate of drug-likeness (QED) is 0.477. The second-order valence-electron chi connectivity index (χ2n) is 6.93. The van der Waals surface area contributed by atoms with Gasteiger partial charge in [-0.1, -0.05) is 60.7 Å². The summed E-state index contributed by atoms with van der Waals surface area (Å²) in [4.78, 5) is 11.8. The number of nitrogens with zero attached hydrogens (tertiary/aromatic N) is 1. The van der Waals surface area contributed by atoms with Crippen molar-refractivity contribution in [2.45, 2.75) is 17.5 Å². The lowest BCUT2D eigenvalue weighted by molar-refractivity contribution is -0.139. The Bertz CT molecular complexity index is 1280. The maximum Gasteiger partial charge on any atom is 0.323 e. The lowest BCUT2D eigenvalue weighted by Crippen LogP contribution is -2.43. The highest BCUT2D eigenvalue weighted by molar-refractivity contribution is 7.89. The fourth-order valence-corrected chi connectivity index (χ4v) is 4.56. The standard InChI is InChI=1S/C23H20N2O4S/c26-23(27)21(16-25-15-14-19-8-4-5-9-22(19)25)24-30(28,29)20-12-10-18(11-13-20)17-6-2-1-3-7-17/h1-15,21,24H,16H2,(H,26,27)/t21-/m0/s1. The number of aromatic nitrogens is 1. The molecule has 0 bridgehead atoms. The van der Waals surface area contributed by atoms with Crippen molar-refractivity contribution in [2.75, 3.05) is 0 Å². The van der Waals surface area contributed by atoms with Crippen LogP contribution in [-0.2, 0) is 21.4 Å². The molecule has 1 heterocycles. The minimum absolute atomic E-state index is 0.0193. The van der Waals surface area contributed by atoms with Crippen LogP contribution in [0.5, 0.6) is 0 Å². The molecule has 0 aliphatic heterocycles. The van der Waals surface area contributed by atoms with E-state index in [0.29, 0.717) is 0 Å². The van der Waals surface area contributed by atoms with Gasteiger partial charge in [0.2, 0.25) is 10.0 Å². The Hall–Kier alpha value is -3.42. The van der Waals surface area contributed by atoms with Crippen molar-refractivity contribution < 1.29 is 18.3 Å². The number of benzene rings is 3. The monoisotopic (exact) mass is 420 g/mol. The lowest BCUT2D eigenvalue weighted by Gasteiger charge is -2.16. The van der Waals surface area contributed by atoms with E-state index in [1.54, 1.807) is 22.9 Å². The second-order valence-corrected chi connectivity index (χ2v) is 8.64. The predicted molar refractivity (Wildman–Crippen MR) is 116 cm³/mol. The molecule has 0 amide bonds. The first-order valence-electron chi connectivity index (χ1n) is 9.38. The summed E-state index contributed by atoms with van der Waals surface area (Å²) >= 11 is 0. The van der Waals surface area contributed by atoms with Crippen molar-refractivity contribution in [1.29, 1.82) is 0 Å². The molecule has 0 saturated heterocycles. The van der Waals surface area contributed by atoms with Crippen LogP contribution < -0.4 is 4.72 Å². The van der Waals surface area contributed by atoms with E-state index in [0.717, 1.165) is 22.0 Å². The summed E-state index contributed by atoms with van der Waals surface area (Å²) in [5.41, 5.74) is 2.69. The van der Waals surface area contributed by atoms with Gasteiger partial charge in [-0.25, -0.2) is 8.42 Å². The van der Waals surface area contributed by atoms with Gasteiger partial charge in [0.05, 0.1) is 4.90 Å². The average molecular weight is 420 g/mol. The van der Waals surface area contributed by atoms with Crippen LogP contribution in [0.3, 0.4) is 0 Å². The van der Waals surface area contributed by atoms with Crippen LogP contribution in [-0.4, -0.2) is 30.1 Å². The number of hydrogen-bond acceptors (Lipinski definition) is 3. The Balaban J connectivity index is 1.56. The maximum absolute atomic E-state index is 12.8. The highest BCUT2D eigenvalue weighted by atomic mass is 32.2. The molecule has 0 aliphatic rings. The highest BCUT2D eigenvalue weighted by Gasteiger charge is 2.26. The first kappa shape index (κ1) is 19.9. The summed E-state index contributed by atoms with van der Waals surface area (Å²) < 4.78 is 29.7. The van der Waals surface area contributed by atoms with Crippen molar-refractivity contribution in [3.05, 3.63) is 91.1 Å². The first-order chi connectivity index (χ1) is 14.4. The summed E-state index contributed by atoms with van der Waals surface area (Å²) in [6, 6.07) is 24.1. The molecule has 30 heavy (non-hydrogen) atoms. The van der Waals surface area contributed by atoms with Gasteiger partial charge in [0.15, 0.2) is 0 Å². The van der Waals surface area contributed by atoms with Crippen LogP contribution in [0, 0.1) is 0 Å². The number of fused-ring (bicyclic) bond motifs is 1. The molecule has 0 spiro atoms. The first-order valence-corrected chi connectivity index (χ1v) is 10.9. The molecule has 0 radical (unpaired) electrons. The number of aliphatic carboxylic acids is 1. The highest BCUT2D eigenvalue weighted by Crippen LogP contribution is 2.21. The van der Waals surface area contributed by atoms with Gasteiger partial charge in [-0.3, -0.25) is 4.79 Å². The third kappa shape index (κ3) is 4.12. The van der Waals surface area contributed by atoms with E-state index < -0.39 is 22.0 Å². The second kappa shape index (κ2) is 8.14.